The van der Waals surface area contributed by atoms with Crippen LogP contribution in [-0.4, -0.2) is 4.98 Å². The van der Waals surface area contributed by atoms with Gasteiger partial charge in [0, 0.05) is 23.2 Å². The van der Waals surface area contributed by atoms with Crippen molar-refractivity contribution < 1.29 is 0 Å². The van der Waals surface area contributed by atoms with Crippen LogP contribution in [0.5, 0.6) is 0 Å². The Hall–Kier alpha value is -0.990. The summed E-state index contributed by atoms with van der Waals surface area (Å²) in [4.78, 5) is 3.18. The first-order valence-electron chi connectivity index (χ1n) is 4.19. The maximum Gasteiger partial charge on any atom is 0.0501 e. The lowest BCUT2D eigenvalue weighted by Gasteiger charge is -1.99. The van der Waals surface area contributed by atoms with E-state index in [0.29, 0.717) is 6.54 Å². The molecule has 0 fully saturated rings. The average molecular weight is 195 g/mol. The van der Waals surface area contributed by atoms with Crippen molar-refractivity contribution in [3.05, 3.63) is 34.5 Å². The zero-order valence-corrected chi connectivity index (χ0v) is 8.15. The third-order valence-corrected chi connectivity index (χ3v) is 2.76. The molecule has 0 unspecified atom stereocenters. The summed E-state index contributed by atoms with van der Waals surface area (Å²) < 4.78 is 0. The average Bonchev–Trinajstić information content (AvgIpc) is 2.55. The van der Waals surface area contributed by atoms with E-state index in [1.165, 1.54) is 5.39 Å². The van der Waals surface area contributed by atoms with Crippen molar-refractivity contribution in [2.45, 2.75) is 13.5 Å². The van der Waals surface area contributed by atoms with Gasteiger partial charge in [0.25, 0.3) is 0 Å². The van der Waals surface area contributed by atoms with Gasteiger partial charge in [-0.2, -0.15) is 0 Å². The molecule has 0 aliphatic carbocycles. The Labute approximate surface area is 81.7 Å². The first-order chi connectivity index (χ1) is 6.24. The molecule has 1 aromatic carbocycles. The van der Waals surface area contributed by atoms with Crippen molar-refractivity contribution in [2.75, 3.05) is 0 Å². The Bertz CT molecular complexity index is 445. The Balaban J connectivity index is 2.81. The Morgan fingerprint density at radius 2 is 2.23 bits per heavy atom. The van der Waals surface area contributed by atoms with Gasteiger partial charge in [-0.05, 0) is 24.1 Å². The summed E-state index contributed by atoms with van der Waals surface area (Å²) in [5.41, 5.74) is 8.90. The number of hydrogen-bond donors (Lipinski definition) is 2. The molecule has 3 heteroatoms. The van der Waals surface area contributed by atoms with Gasteiger partial charge < -0.3 is 10.7 Å². The molecule has 2 nitrogen and oxygen atoms in total. The van der Waals surface area contributed by atoms with Crippen LogP contribution in [0.3, 0.4) is 0 Å². The number of hydrogen-bond acceptors (Lipinski definition) is 1. The zero-order chi connectivity index (χ0) is 9.42. The zero-order valence-electron chi connectivity index (χ0n) is 7.39. The summed E-state index contributed by atoms with van der Waals surface area (Å²) in [5, 5.41) is 1.96. The number of aromatic amines is 1. The van der Waals surface area contributed by atoms with E-state index in [4.69, 9.17) is 17.3 Å². The van der Waals surface area contributed by atoms with Crippen LogP contribution < -0.4 is 5.73 Å². The summed E-state index contributed by atoms with van der Waals surface area (Å²) in [6, 6.07) is 3.91. The topological polar surface area (TPSA) is 41.8 Å². The molecule has 0 aliphatic rings. The lowest BCUT2D eigenvalue weighted by molar-refractivity contribution is 1.08. The van der Waals surface area contributed by atoms with Gasteiger partial charge in [-0.1, -0.05) is 17.7 Å². The molecule has 0 saturated heterocycles. The van der Waals surface area contributed by atoms with Crippen molar-refractivity contribution in [1.29, 1.82) is 0 Å². The second-order valence-corrected chi connectivity index (χ2v) is 3.52. The Kier molecular flexibility index (Phi) is 2.02. The number of rotatable bonds is 1. The van der Waals surface area contributed by atoms with E-state index in [1.807, 2.05) is 25.3 Å². The molecule has 2 aromatic rings. The predicted molar refractivity (Wildman–Crippen MR) is 55.9 cm³/mol. The molecule has 3 N–H and O–H groups in total. The van der Waals surface area contributed by atoms with Crippen molar-refractivity contribution >= 4 is 22.5 Å². The SMILES string of the molecule is Cc1c(Cl)ccc2c(CN)c[nH]c12. The first kappa shape index (κ1) is 8.60. The van der Waals surface area contributed by atoms with Crippen LogP contribution in [0, 0.1) is 6.92 Å². The van der Waals surface area contributed by atoms with Gasteiger partial charge in [0.05, 0.1) is 5.52 Å². The number of halogens is 1. The number of nitrogens with one attached hydrogen (secondary N) is 1. The monoisotopic (exact) mass is 194 g/mol. The molecule has 0 atom stereocenters. The molecule has 68 valence electrons. The highest BCUT2D eigenvalue weighted by atomic mass is 35.5. The van der Waals surface area contributed by atoms with Gasteiger partial charge in [-0.15, -0.1) is 0 Å². The van der Waals surface area contributed by atoms with Crippen LogP contribution in [0.1, 0.15) is 11.1 Å². The molecule has 0 spiro atoms. The van der Waals surface area contributed by atoms with E-state index in [-0.39, 0.29) is 0 Å². The number of aryl methyl sites for hydroxylation is 1. The smallest absolute Gasteiger partial charge is 0.0501 e. The minimum Gasteiger partial charge on any atom is -0.361 e. The normalized spacial score (nSPS) is 11.0. The van der Waals surface area contributed by atoms with Gasteiger partial charge in [0.1, 0.15) is 0 Å². The standard InChI is InChI=1S/C10H11ClN2/c1-6-9(11)3-2-8-7(4-12)5-13-10(6)8/h2-3,5,13H,4,12H2,1H3. The van der Waals surface area contributed by atoms with Gasteiger partial charge >= 0.3 is 0 Å². The van der Waals surface area contributed by atoms with Crippen molar-refractivity contribution in [1.82, 2.24) is 4.98 Å². The fourth-order valence-corrected chi connectivity index (χ4v) is 1.70. The van der Waals surface area contributed by atoms with E-state index in [2.05, 4.69) is 4.98 Å². The number of H-pyrrole nitrogens is 1. The molecule has 2 rings (SSSR count). The van der Waals surface area contributed by atoms with Crippen LogP contribution in [-0.2, 0) is 6.54 Å². The van der Waals surface area contributed by atoms with Crippen molar-refractivity contribution in [3.8, 4) is 0 Å². The fraction of sp³-hybridized carbons (Fsp3) is 0.200. The maximum atomic E-state index is 5.99. The Morgan fingerprint density at radius 1 is 1.46 bits per heavy atom. The van der Waals surface area contributed by atoms with Crippen molar-refractivity contribution in [3.63, 3.8) is 0 Å². The Morgan fingerprint density at radius 3 is 2.92 bits per heavy atom. The lowest BCUT2D eigenvalue weighted by Crippen LogP contribution is -1.94. The molecule has 0 radical (unpaired) electrons. The number of fused-ring (bicyclic) bond motifs is 1. The van der Waals surface area contributed by atoms with E-state index in [1.54, 1.807) is 0 Å². The molecule has 0 aliphatic heterocycles. The van der Waals surface area contributed by atoms with Gasteiger partial charge in [0.15, 0.2) is 0 Å². The van der Waals surface area contributed by atoms with Gasteiger partial charge in [0.2, 0.25) is 0 Å². The molecule has 13 heavy (non-hydrogen) atoms. The summed E-state index contributed by atoms with van der Waals surface area (Å²) in [7, 11) is 0. The lowest BCUT2D eigenvalue weighted by atomic mass is 10.1. The van der Waals surface area contributed by atoms with E-state index in [9.17, 15) is 0 Å². The van der Waals surface area contributed by atoms with E-state index >= 15 is 0 Å². The molecular weight excluding hydrogens is 184 g/mol. The minimum absolute atomic E-state index is 0.557. The molecule has 0 amide bonds. The highest BCUT2D eigenvalue weighted by Crippen LogP contribution is 2.26. The molecule has 1 aromatic heterocycles. The fourth-order valence-electron chi connectivity index (χ4n) is 1.55. The van der Waals surface area contributed by atoms with Crippen LogP contribution in [0.15, 0.2) is 18.3 Å². The van der Waals surface area contributed by atoms with E-state index < -0.39 is 0 Å². The quantitative estimate of drug-likeness (QED) is 0.720. The molecule has 1 heterocycles. The third kappa shape index (κ3) is 1.23. The molecule has 0 saturated carbocycles. The van der Waals surface area contributed by atoms with Crippen LogP contribution in [0.4, 0.5) is 0 Å². The number of benzene rings is 1. The first-order valence-corrected chi connectivity index (χ1v) is 4.57. The summed E-state index contributed by atoms with van der Waals surface area (Å²) in [6.07, 6.45) is 1.94. The van der Waals surface area contributed by atoms with E-state index in [0.717, 1.165) is 21.7 Å². The number of nitrogens with two attached hydrogens (primary N) is 1. The summed E-state index contributed by atoms with van der Waals surface area (Å²) in [5.74, 6) is 0. The minimum atomic E-state index is 0.557. The third-order valence-electron chi connectivity index (χ3n) is 2.36. The summed E-state index contributed by atoms with van der Waals surface area (Å²) in [6.45, 7) is 2.56. The largest absolute Gasteiger partial charge is 0.361 e. The predicted octanol–water partition coefficient (Wildman–Crippen LogP) is 2.59. The summed E-state index contributed by atoms with van der Waals surface area (Å²) >= 11 is 5.99. The highest BCUT2D eigenvalue weighted by molar-refractivity contribution is 6.32. The van der Waals surface area contributed by atoms with Crippen molar-refractivity contribution in [2.24, 2.45) is 5.73 Å². The second kappa shape index (κ2) is 3.05. The van der Waals surface area contributed by atoms with Gasteiger partial charge in [-0.3, -0.25) is 0 Å². The molecular formula is C10H11ClN2. The van der Waals surface area contributed by atoms with Crippen LogP contribution in [0.25, 0.3) is 10.9 Å². The van der Waals surface area contributed by atoms with Crippen LogP contribution in [0.2, 0.25) is 5.02 Å². The second-order valence-electron chi connectivity index (χ2n) is 3.11. The highest BCUT2D eigenvalue weighted by Gasteiger charge is 2.06. The van der Waals surface area contributed by atoms with Crippen LogP contribution >= 0.6 is 11.6 Å². The maximum absolute atomic E-state index is 5.99. The molecule has 0 bridgehead atoms. The number of aromatic nitrogens is 1. The van der Waals surface area contributed by atoms with Gasteiger partial charge in [-0.25, -0.2) is 0 Å².